The summed E-state index contributed by atoms with van der Waals surface area (Å²) in [6, 6.07) is 5.15. The predicted octanol–water partition coefficient (Wildman–Crippen LogP) is 3.19. The van der Waals surface area contributed by atoms with E-state index in [1.165, 1.54) is 24.3 Å². The molecule has 0 radical (unpaired) electrons. The van der Waals surface area contributed by atoms with Crippen LogP contribution < -0.4 is 5.32 Å². The van der Waals surface area contributed by atoms with E-state index in [2.05, 4.69) is 5.32 Å². The molecule has 0 saturated heterocycles. The van der Waals surface area contributed by atoms with Crippen LogP contribution in [-0.2, 0) is 0 Å². The van der Waals surface area contributed by atoms with E-state index in [1.807, 2.05) is 6.92 Å². The number of hydrogen-bond acceptors (Lipinski definition) is 3. The SMILES string of the molecule is CCC(C)(CO)NC(=O)c1ccc(SC(F)(F)F)cc1. The maximum absolute atomic E-state index is 12.2. The topological polar surface area (TPSA) is 49.3 Å². The van der Waals surface area contributed by atoms with Crippen LogP contribution in [0.4, 0.5) is 13.2 Å². The number of alkyl halides is 3. The molecular weight excluding hydrogens is 291 g/mol. The van der Waals surface area contributed by atoms with E-state index >= 15 is 0 Å². The first-order valence-electron chi connectivity index (χ1n) is 5.98. The van der Waals surface area contributed by atoms with E-state index in [0.29, 0.717) is 6.42 Å². The number of benzene rings is 1. The lowest BCUT2D eigenvalue weighted by Crippen LogP contribution is -2.48. The molecule has 7 heteroatoms. The summed E-state index contributed by atoms with van der Waals surface area (Å²) in [5.74, 6) is -0.424. The molecule has 3 nitrogen and oxygen atoms in total. The fraction of sp³-hybridized carbons (Fsp3) is 0.462. The van der Waals surface area contributed by atoms with Gasteiger partial charge in [-0.2, -0.15) is 13.2 Å². The molecule has 0 fully saturated rings. The molecule has 0 heterocycles. The van der Waals surface area contributed by atoms with Gasteiger partial charge in [0.25, 0.3) is 5.91 Å². The third-order valence-electron chi connectivity index (χ3n) is 2.89. The number of hydrogen-bond donors (Lipinski definition) is 2. The lowest BCUT2D eigenvalue weighted by molar-refractivity contribution is -0.0328. The van der Waals surface area contributed by atoms with Crippen LogP contribution >= 0.6 is 11.8 Å². The van der Waals surface area contributed by atoms with Crippen LogP contribution in [0, 0.1) is 0 Å². The lowest BCUT2D eigenvalue weighted by Gasteiger charge is -2.27. The highest BCUT2D eigenvalue weighted by Gasteiger charge is 2.29. The summed E-state index contributed by atoms with van der Waals surface area (Å²) in [4.78, 5) is 11.9. The Kier molecular flexibility index (Phi) is 5.47. The van der Waals surface area contributed by atoms with Gasteiger partial charge in [-0.25, -0.2) is 0 Å². The summed E-state index contributed by atoms with van der Waals surface area (Å²) in [6.07, 6.45) is 0.539. The molecular formula is C13H16F3NO2S. The highest BCUT2D eigenvalue weighted by Crippen LogP contribution is 2.36. The van der Waals surface area contributed by atoms with Gasteiger partial charge in [-0.3, -0.25) is 4.79 Å². The van der Waals surface area contributed by atoms with Gasteiger partial charge in [0.05, 0.1) is 12.1 Å². The van der Waals surface area contributed by atoms with E-state index in [4.69, 9.17) is 0 Å². The monoisotopic (exact) mass is 307 g/mol. The molecule has 0 bridgehead atoms. The highest BCUT2D eigenvalue weighted by atomic mass is 32.2. The summed E-state index contributed by atoms with van der Waals surface area (Å²) in [5.41, 5.74) is -4.83. The first kappa shape index (κ1) is 16.8. The van der Waals surface area contributed by atoms with Gasteiger partial charge in [0.15, 0.2) is 0 Å². The molecule has 1 atom stereocenters. The molecule has 1 aromatic rings. The molecule has 1 amide bonds. The van der Waals surface area contributed by atoms with Crippen LogP contribution in [0.25, 0.3) is 0 Å². The predicted molar refractivity (Wildman–Crippen MR) is 71.6 cm³/mol. The van der Waals surface area contributed by atoms with Crippen molar-refractivity contribution in [2.45, 2.75) is 36.2 Å². The van der Waals surface area contributed by atoms with Crippen LogP contribution in [0.5, 0.6) is 0 Å². The zero-order valence-electron chi connectivity index (χ0n) is 11.1. The van der Waals surface area contributed by atoms with Crippen molar-refractivity contribution in [2.75, 3.05) is 6.61 Å². The quantitative estimate of drug-likeness (QED) is 0.821. The van der Waals surface area contributed by atoms with Gasteiger partial charge in [0.2, 0.25) is 0 Å². The number of halogens is 3. The molecule has 0 aromatic heterocycles. The van der Waals surface area contributed by atoms with E-state index in [-0.39, 0.29) is 28.8 Å². The van der Waals surface area contributed by atoms with Crippen molar-refractivity contribution in [3.05, 3.63) is 29.8 Å². The maximum atomic E-state index is 12.2. The number of aliphatic hydroxyl groups is 1. The Labute approximate surface area is 119 Å². The van der Waals surface area contributed by atoms with Crippen LogP contribution in [0.3, 0.4) is 0 Å². The van der Waals surface area contributed by atoms with Crippen molar-refractivity contribution in [1.82, 2.24) is 5.32 Å². The summed E-state index contributed by atoms with van der Waals surface area (Å²) in [5, 5.41) is 11.9. The fourth-order valence-electron chi connectivity index (χ4n) is 1.39. The molecule has 2 N–H and O–H groups in total. The second-order valence-corrected chi connectivity index (χ2v) is 5.74. The second-order valence-electron chi connectivity index (χ2n) is 4.60. The number of nitrogens with one attached hydrogen (secondary N) is 1. The fourth-order valence-corrected chi connectivity index (χ4v) is 1.93. The van der Waals surface area contributed by atoms with Gasteiger partial charge >= 0.3 is 5.51 Å². The Morgan fingerprint density at radius 3 is 2.25 bits per heavy atom. The minimum absolute atomic E-state index is 0.0226. The maximum Gasteiger partial charge on any atom is 0.446 e. The van der Waals surface area contributed by atoms with E-state index < -0.39 is 17.0 Å². The van der Waals surface area contributed by atoms with Crippen molar-refractivity contribution in [1.29, 1.82) is 0 Å². The molecule has 1 aromatic carbocycles. The number of carbonyl (C=O) groups excluding carboxylic acids is 1. The van der Waals surface area contributed by atoms with Gasteiger partial charge in [-0.15, -0.1) is 0 Å². The summed E-state index contributed by atoms with van der Waals surface area (Å²) < 4.78 is 36.5. The number of carbonyl (C=O) groups is 1. The van der Waals surface area contributed by atoms with Gasteiger partial charge in [-0.05, 0) is 49.4 Å². The minimum Gasteiger partial charge on any atom is -0.394 e. The summed E-state index contributed by atoms with van der Waals surface area (Å²) >= 11 is -0.228. The standard InChI is InChI=1S/C13H16F3NO2S/c1-3-12(2,8-18)17-11(19)9-4-6-10(7-5-9)20-13(14,15)16/h4-7,18H,3,8H2,1-2H3,(H,17,19). The largest absolute Gasteiger partial charge is 0.446 e. The van der Waals surface area contributed by atoms with Gasteiger partial charge in [0, 0.05) is 10.5 Å². The Bertz CT molecular complexity index is 456. The van der Waals surface area contributed by atoms with Crippen LogP contribution in [0.15, 0.2) is 29.2 Å². The van der Waals surface area contributed by atoms with Crippen LogP contribution in [0.1, 0.15) is 30.6 Å². The zero-order chi connectivity index (χ0) is 15.4. The first-order valence-corrected chi connectivity index (χ1v) is 6.80. The van der Waals surface area contributed by atoms with E-state index in [1.54, 1.807) is 6.92 Å². The minimum atomic E-state index is -4.35. The van der Waals surface area contributed by atoms with Crippen molar-refractivity contribution in [3.63, 3.8) is 0 Å². The number of rotatable bonds is 5. The summed E-state index contributed by atoms with van der Waals surface area (Å²) in [6.45, 7) is 3.30. The first-order chi connectivity index (χ1) is 9.19. The van der Waals surface area contributed by atoms with Crippen molar-refractivity contribution in [3.8, 4) is 0 Å². The molecule has 0 aliphatic carbocycles. The van der Waals surface area contributed by atoms with E-state index in [0.717, 1.165) is 0 Å². The molecule has 0 saturated carbocycles. The Balaban J connectivity index is 2.76. The molecule has 1 rings (SSSR count). The summed E-state index contributed by atoms with van der Waals surface area (Å²) in [7, 11) is 0. The Morgan fingerprint density at radius 2 is 1.85 bits per heavy atom. The molecule has 112 valence electrons. The third kappa shape index (κ3) is 5.05. The lowest BCUT2D eigenvalue weighted by atomic mass is 9.99. The average molecular weight is 307 g/mol. The molecule has 0 aliphatic heterocycles. The van der Waals surface area contributed by atoms with Crippen molar-refractivity contribution < 1.29 is 23.1 Å². The number of thioether (sulfide) groups is 1. The zero-order valence-corrected chi connectivity index (χ0v) is 11.9. The molecule has 0 spiro atoms. The number of amides is 1. The highest BCUT2D eigenvalue weighted by molar-refractivity contribution is 8.00. The van der Waals surface area contributed by atoms with Gasteiger partial charge in [-0.1, -0.05) is 6.92 Å². The second kappa shape index (κ2) is 6.49. The third-order valence-corrected chi connectivity index (χ3v) is 3.63. The van der Waals surface area contributed by atoms with Crippen LogP contribution in [0.2, 0.25) is 0 Å². The number of aliphatic hydroxyl groups excluding tert-OH is 1. The van der Waals surface area contributed by atoms with Crippen LogP contribution in [-0.4, -0.2) is 28.7 Å². The Morgan fingerprint density at radius 1 is 1.30 bits per heavy atom. The van der Waals surface area contributed by atoms with Gasteiger partial charge < -0.3 is 10.4 Å². The van der Waals surface area contributed by atoms with Crippen molar-refractivity contribution >= 4 is 17.7 Å². The molecule has 20 heavy (non-hydrogen) atoms. The Hall–Kier alpha value is -1.21. The van der Waals surface area contributed by atoms with Crippen molar-refractivity contribution in [2.24, 2.45) is 0 Å². The van der Waals surface area contributed by atoms with Gasteiger partial charge in [0.1, 0.15) is 0 Å². The average Bonchev–Trinajstić information content (AvgIpc) is 2.37. The molecule has 1 unspecified atom stereocenters. The molecule has 0 aliphatic rings. The smallest absolute Gasteiger partial charge is 0.394 e. The normalized spacial score (nSPS) is 14.7. The van der Waals surface area contributed by atoms with E-state index in [9.17, 15) is 23.1 Å².